The summed E-state index contributed by atoms with van der Waals surface area (Å²) >= 11 is 1.46. The molecule has 3 rings (SSSR count). The first-order chi connectivity index (χ1) is 13.4. The molecule has 0 saturated carbocycles. The number of carbonyl (C=O) groups is 2. The zero-order valence-electron chi connectivity index (χ0n) is 18.3. The summed E-state index contributed by atoms with van der Waals surface area (Å²) in [4.78, 5) is 26.9. The number of anilines is 1. The summed E-state index contributed by atoms with van der Waals surface area (Å²) in [6.45, 7) is 14.5. The van der Waals surface area contributed by atoms with Gasteiger partial charge in [-0.15, -0.1) is 11.3 Å². The Bertz CT molecular complexity index is 973. The van der Waals surface area contributed by atoms with Gasteiger partial charge in [0.1, 0.15) is 5.00 Å². The third-order valence-electron chi connectivity index (χ3n) is 5.32. The van der Waals surface area contributed by atoms with Gasteiger partial charge in [0.15, 0.2) is 0 Å². The van der Waals surface area contributed by atoms with Crippen molar-refractivity contribution in [1.82, 2.24) is 5.32 Å². The molecule has 1 aromatic carbocycles. The van der Waals surface area contributed by atoms with Crippen LogP contribution in [0.3, 0.4) is 0 Å². The predicted octanol–water partition coefficient (Wildman–Crippen LogP) is 4.95. The van der Waals surface area contributed by atoms with Crippen molar-refractivity contribution >= 4 is 28.2 Å². The van der Waals surface area contributed by atoms with Gasteiger partial charge in [0, 0.05) is 21.5 Å². The summed E-state index contributed by atoms with van der Waals surface area (Å²) in [6.07, 6.45) is 0.690. The van der Waals surface area contributed by atoms with Gasteiger partial charge in [-0.05, 0) is 83.7 Å². The lowest BCUT2D eigenvalue weighted by molar-refractivity contribution is 0.0526. The van der Waals surface area contributed by atoms with E-state index in [1.54, 1.807) is 6.92 Å². The zero-order valence-corrected chi connectivity index (χ0v) is 19.1. The second-order valence-corrected chi connectivity index (χ2v) is 9.92. The van der Waals surface area contributed by atoms with E-state index in [9.17, 15) is 9.59 Å². The molecule has 1 aliphatic heterocycles. The number of rotatable bonds is 4. The lowest BCUT2D eigenvalue weighted by atomic mass is 9.81. The van der Waals surface area contributed by atoms with Gasteiger partial charge in [-0.1, -0.05) is 6.07 Å². The quantitative estimate of drug-likeness (QED) is 0.695. The average molecular weight is 415 g/mol. The molecule has 29 heavy (non-hydrogen) atoms. The maximum absolute atomic E-state index is 12.9. The number of esters is 1. The van der Waals surface area contributed by atoms with Crippen molar-refractivity contribution in [2.75, 3.05) is 11.9 Å². The van der Waals surface area contributed by atoms with Crippen LogP contribution in [0, 0.1) is 13.8 Å². The van der Waals surface area contributed by atoms with Gasteiger partial charge in [0.25, 0.3) is 5.91 Å². The Balaban J connectivity index is 2.06. The Kier molecular flexibility index (Phi) is 5.62. The normalized spacial score (nSPS) is 16.8. The van der Waals surface area contributed by atoms with Crippen LogP contribution in [0.4, 0.5) is 5.00 Å². The highest BCUT2D eigenvalue weighted by molar-refractivity contribution is 7.17. The van der Waals surface area contributed by atoms with E-state index in [1.165, 1.54) is 11.3 Å². The number of thiophene rings is 1. The molecule has 2 N–H and O–H groups in total. The van der Waals surface area contributed by atoms with Crippen LogP contribution < -0.4 is 10.6 Å². The highest BCUT2D eigenvalue weighted by Crippen LogP contribution is 2.45. The molecule has 0 spiro atoms. The lowest BCUT2D eigenvalue weighted by Gasteiger charge is -2.42. The summed E-state index contributed by atoms with van der Waals surface area (Å²) in [7, 11) is 0. The molecule has 0 radical (unpaired) electrons. The summed E-state index contributed by atoms with van der Waals surface area (Å²) < 4.78 is 5.35. The number of carbonyl (C=O) groups excluding carboxylic acids is 2. The van der Waals surface area contributed by atoms with Gasteiger partial charge < -0.3 is 15.4 Å². The number of hydrogen-bond donors (Lipinski definition) is 2. The average Bonchev–Trinajstić information content (AvgIpc) is 2.94. The van der Waals surface area contributed by atoms with Crippen LogP contribution in [0.5, 0.6) is 0 Å². The Morgan fingerprint density at radius 3 is 2.48 bits per heavy atom. The van der Waals surface area contributed by atoms with E-state index in [0.29, 0.717) is 29.2 Å². The van der Waals surface area contributed by atoms with Crippen LogP contribution in [-0.2, 0) is 16.7 Å². The maximum Gasteiger partial charge on any atom is 0.341 e. The van der Waals surface area contributed by atoms with Crippen molar-refractivity contribution in [3.05, 3.63) is 50.9 Å². The van der Waals surface area contributed by atoms with Crippen LogP contribution in [-0.4, -0.2) is 24.0 Å². The molecule has 0 atom stereocenters. The molecule has 156 valence electrons. The number of aryl methyl sites for hydroxylation is 2. The molecule has 2 heterocycles. The molecule has 5 nitrogen and oxygen atoms in total. The molecule has 1 amide bonds. The van der Waals surface area contributed by atoms with Crippen molar-refractivity contribution in [1.29, 1.82) is 0 Å². The molecule has 0 bridgehead atoms. The number of amides is 1. The standard InChI is InChI=1S/C23H30N2O3S/c1-8-28-21(27)17-16-12-22(4,5)25-23(6,7)18(16)29-20(17)24-19(26)15-10-9-13(2)14(3)11-15/h9-11,25H,8,12H2,1-7H3,(H,24,26). The van der Waals surface area contributed by atoms with Crippen LogP contribution >= 0.6 is 11.3 Å². The number of benzene rings is 1. The van der Waals surface area contributed by atoms with Crippen LogP contribution in [0.2, 0.25) is 0 Å². The fraction of sp³-hybridized carbons (Fsp3) is 0.478. The molecule has 0 saturated heterocycles. The van der Waals surface area contributed by atoms with Gasteiger partial charge in [0.2, 0.25) is 0 Å². The van der Waals surface area contributed by atoms with Gasteiger partial charge in [-0.2, -0.15) is 0 Å². The summed E-state index contributed by atoms with van der Waals surface area (Å²) in [5.41, 5.74) is 3.74. The van der Waals surface area contributed by atoms with Gasteiger partial charge in [-0.25, -0.2) is 4.79 Å². The fourth-order valence-corrected chi connectivity index (χ4v) is 5.35. The van der Waals surface area contributed by atoms with Gasteiger partial charge in [0.05, 0.1) is 12.2 Å². The van der Waals surface area contributed by atoms with E-state index in [0.717, 1.165) is 21.6 Å². The Morgan fingerprint density at radius 1 is 1.17 bits per heavy atom. The summed E-state index contributed by atoms with van der Waals surface area (Å²) in [5.74, 6) is -0.601. The molecule has 0 fully saturated rings. The van der Waals surface area contributed by atoms with E-state index in [-0.39, 0.29) is 23.0 Å². The smallest absolute Gasteiger partial charge is 0.341 e. The summed E-state index contributed by atoms with van der Waals surface area (Å²) in [6, 6.07) is 5.62. The van der Waals surface area contributed by atoms with E-state index in [4.69, 9.17) is 4.74 Å². The van der Waals surface area contributed by atoms with Crippen molar-refractivity contribution < 1.29 is 14.3 Å². The van der Waals surface area contributed by atoms with Gasteiger partial charge >= 0.3 is 5.97 Å². The van der Waals surface area contributed by atoms with E-state index in [2.05, 4.69) is 38.3 Å². The van der Waals surface area contributed by atoms with E-state index in [1.807, 2.05) is 32.0 Å². The SMILES string of the molecule is CCOC(=O)c1c(NC(=O)c2ccc(C)c(C)c2)sc2c1CC(C)(C)NC2(C)C. The zero-order chi connectivity index (χ0) is 21.6. The number of fused-ring (bicyclic) bond motifs is 1. The Hall–Kier alpha value is -2.18. The highest BCUT2D eigenvalue weighted by atomic mass is 32.1. The number of ether oxygens (including phenoxy) is 1. The minimum Gasteiger partial charge on any atom is -0.462 e. The fourth-order valence-electron chi connectivity index (χ4n) is 4.09. The first kappa shape index (κ1) is 21.5. The monoisotopic (exact) mass is 414 g/mol. The predicted molar refractivity (Wildman–Crippen MR) is 118 cm³/mol. The van der Waals surface area contributed by atoms with Gasteiger partial charge in [-0.3, -0.25) is 4.79 Å². The molecule has 2 aromatic rings. The summed E-state index contributed by atoms with van der Waals surface area (Å²) in [5, 5.41) is 7.19. The largest absolute Gasteiger partial charge is 0.462 e. The van der Waals surface area contributed by atoms with E-state index < -0.39 is 0 Å². The molecule has 0 aliphatic carbocycles. The first-order valence-corrected chi connectivity index (χ1v) is 10.8. The minimum absolute atomic E-state index is 0.172. The van der Waals surface area contributed by atoms with Crippen LogP contribution in [0.15, 0.2) is 18.2 Å². The molecule has 1 aliphatic rings. The molecule has 1 aromatic heterocycles. The first-order valence-electron chi connectivity index (χ1n) is 9.96. The number of nitrogens with one attached hydrogen (secondary N) is 2. The van der Waals surface area contributed by atoms with E-state index >= 15 is 0 Å². The number of hydrogen-bond acceptors (Lipinski definition) is 5. The second kappa shape index (κ2) is 7.58. The van der Waals surface area contributed by atoms with Crippen LogP contribution in [0.25, 0.3) is 0 Å². The van der Waals surface area contributed by atoms with Crippen molar-refractivity contribution in [3.63, 3.8) is 0 Å². The Morgan fingerprint density at radius 2 is 1.86 bits per heavy atom. The van der Waals surface area contributed by atoms with Crippen LogP contribution in [0.1, 0.15) is 76.9 Å². The molecular weight excluding hydrogens is 384 g/mol. The minimum atomic E-state index is -0.381. The third kappa shape index (κ3) is 4.23. The maximum atomic E-state index is 12.9. The molecular formula is C23H30N2O3S. The molecule has 0 unspecified atom stereocenters. The molecule has 6 heteroatoms. The van der Waals surface area contributed by atoms with Crippen molar-refractivity contribution in [2.45, 2.75) is 66.0 Å². The Labute approximate surface area is 176 Å². The van der Waals surface area contributed by atoms with Crippen molar-refractivity contribution in [2.24, 2.45) is 0 Å². The topological polar surface area (TPSA) is 67.4 Å². The second-order valence-electron chi connectivity index (χ2n) is 8.90. The van der Waals surface area contributed by atoms with Crippen molar-refractivity contribution in [3.8, 4) is 0 Å². The highest BCUT2D eigenvalue weighted by Gasteiger charge is 2.42. The lowest BCUT2D eigenvalue weighted by Crippen LogP contribution is -2.55. The third-order valence-corrected chi connectivity index (χ3v) is 6.79.